The molecule has 0 fully saturated rings. The first-order chi connectivity index (χ1) is 6.33. The second-order valence-electron chi connectivity index (χ2n) is 2.97. The number of hydrogen-bond acceptors (Lipinski definition) is 2. The van der Waals surface area contributed by atoms with E-state index in [0.29, 0.717) is 10.6 Å². The Morgan fingerprint density at radius 1 is 1.46 bits per heavy atom. The molecule has 0 aromatic carbocycles. The van der Waals surface area contributed by atoms with Crippen molar-refractivity contribution in [2.45, 2.75) is 12.8 Å². The molecule has 1 aromatic rings. The van der Waals surface area contributed by atoms with Gasteiger partial charge in [0.15, 0.2) is 0 Å². The van der Waals surface area contributed by atoms with Crippen molar-refractivity contribution in [2.75, 3.05) is 0 Å². The fraction of sp³-hybridized carbons (Fsp3) is 0.200. The van der Waals surface area contributed by atoms with Crippen LogP contribution in [0, 0.1) is 0 Å². The molecule has 0 saturated carbocycles. The molecule has 0 amide bonds. The van der Waals surface area contributed by atoms with Gasteiger partial charge in [-0.15, -0.1) is 0 Å². The summed E-state index contributed by atoms with van der Waals surface area (Å²) < 4.78 is 0. The van der Waals surface area contributed by atoms with Crippen LogP contribution >= 0.6 is 11.6 Å². The number of aryl methyl sites for hydroxylation is 1. The molecule has 0 unspecified atom stereocenters. The van der Waals surface area contributed by atoms with Gasteiger partial charge in [-0.1, -0.05) is 17.7 Å². The molecule has 0 radical (unpaired) electrons. The average molecular weight is 194 g/mol. The second kappa shape index (κ2) is 3.30. The highest BCUT2D eigenvalue weighted by molar-refractivity contribution is 6.50. The zero-order chi connectivity index (χ0) is 9.26. The van der Waals surface area contributed by atoms with E-state index in [1.54, 1.807) is 6.20 Å². The summed E-state index contributed by atoms with van der Waals surface area (Å²) in [7, 11) is 0. The number of carbonyl (C=O) groups excluding carboxylic acids is 1. The summed E-state index contributed by atoms with van der Waals surface area (Å²) in [6.07, 6.45) is 4.09. The van der Waals surface area contributed by atoms with E-state index in [1.165, 1.54) is 0 Å². The Bertz CT molecular complexity index is 384. The quantitative estimate of drug-likeness (QED) is 0.640. The largest absolute Gasteiger partial charge is 0.298 e. The third kappa shape index (κ3) is 1.38. The Balaban J connectivity index is 2.58. The Kier molecular flexibility index (Phi) is 2.15. The van der Waals surface area contributed by atoms with E-state index in [0.717, 1.165) is 30.4 Å². The number of aromatic nitrogens is 1. The lowest BCUT2D eigenvalue weighted by atomic mass is 9.96. The van der Waals surface area contributed by atoms with Crippen molar-refractivity contribution in [3.8, 4) is 0 Å². The number of pyridine rings is 1. The van der Waals surface area contributed by atoms with Gasteiger partial charge in [-0.25, -0.2) is 0 Å². The standard InChI is InChI=1S/C10H8ClNO/c11-9-8(6-13)4-3-7-2-1-5-12-10(7)9/h1-2,5-6H,3-4H2. The van der Waals surface area contributed by atoms with E-state index >= 15 is 0 Å². The van der Waals surface area contributed by atoms with Crippen LogP contribution in [0.15, 0.2) is 23.9 Å². The van der Waals surface area contributed by atoms with Crippen LogP contribution in [-0.2, 0) is 11.2 Å². The third-order valence-corrected chi connectivity index (χ3v) is 2.61. The minimum atomic E-state index is 0.511. The molecule has 1 heterocycles. The molecule has 1 aromatic heterocycles. The summed E-state index contributed by atoms with van der Waals surface area (Å²) in [4.78, 5) is 14.8. The molecule has 1 aliphatic rings. The number of rotatable bonds is 1. The first kappa shape index (κ1) is 8.45. The van der Waals surface area contributed by atoms with Crippen molar-refractivity contribution in [1.29, 1.82) is 0 Å². The highest BCUT2D eigenvalue weighted by Gasteiger charge is 2.17. The van der Waals surface area contributed by atoms with Crippen molar-refractivity contribution < 1.29 is 4.79 Å². The summed E-state index contributed by atoms with van der Waals surface area (Å²) in [6, 6.07) is 3.88. The highest BCUT2D eigenvalue weighted by Crippen LogP contribution is 2.31. The summed E-state index contributed by atoms with van der Waals surface area (Å²) in [5, 5.41) is 0.511. The molecule has 66 valence electrons. The predicted molar refractivity (Wildman–Crippen MR) is 51.4 cm³/mol. The van der Waals surface area contributed by atoms with Gasteiger partial charge in [-0.2, -0.15) is 0 Å². The van der Waals surface area contributed by atoms with Gasteiger partial charge in [0.2, 0.25) is 0 Å². The molecule has 3 heteroatoms. The van der Waals surface area contributed by atoms with Gasteiger partial charge in [0.25, 0.3) is 0 Å². The third-order valence-electron chi connectivity index (χ3n) is 2.19. The number of carbonyl (C=O) groups is 1. The lowest BCUT2D eigenvalue weighted by Crippen LogP contribution is -2.04. The molecule has 0 saturated heterocycles. The molecule has 0 aliphatic heterocycles. The van der Waals surface area contributed by atoms with Crippen LogP contribution in [-0.4, -0.2) is 11.3 Å². The molecule has 0 bridgehead atoms. The predicted octanol–water partition coefficient (Wildman–Crippen LogP) is 2.18. The molecule has 0 atom stereocenters. The van der Waals surface area contributed by atoms with Crippen molar-refractivity contribution in [2.24, 2.45) is 0 Å². The van der Waals surface area contributed by atoms with Crippen molar-refractivity contribution >= 4 is 22.9 Å². The zero-order valence-corrected chi connectivity index (χ0v) is 7.71. The van der Waals surface area contributed by atoms with Crippen LogP contribution in [0.2, 0.25) is 0 Å². The second-order valence-corrected chi connectivity index (χ2v) is 3.35. The maximum absolute atomic E-state index is 10.6. The van der Waals surface area contributed by atoms with Gasteiger partial charge in [-0.05, 0) is 24.5 Å². The number of nitrogens with zero attached hydrogens (tertiary/aromatic N) is 1. The van der Waals surface area contributed by atoms with Gasteiger partial charge in [0.1, 0.15) is 6.29 Å². The van der Waals surface area contributed by atoms with Crippen LogP contribution in [0.4, 0.5) is 0 Å². The monoisotopic (exact) mass is 193 g/mol. The van der Waals surface area contributed by atoms with Crippen molar-refractivity contribution in [3.05, 3.63) is 35.2 Å². The van der Waals surface area contributed by atoms with Crippen LogP contribution in [0.3, 0.4) is 0 Å². The lowest BCUT2D eigenvalue weighted by Gasteiger charge is -2.14. The minimum absolute atomic E-state index is 0.511. The number of halogens is 1. The Hall–Kier alpha value is -1.15. The van der Waals surface area contributed by atoms with Crippen LogP contribution in [0.1, 0.15) is 17.7 Å². The van der Waals surface area contributed by atoms with Gasteiger partial charge in [0, 0.05) is 11.8 Å². The summed E-state index contributed by atoms with van der Waals surface area (Å²) in [5.41, 5.74) is 2.54. The molecular weight excluding hydrogens is 186 g/mol. The number of hydrogen-bond donors (Lipinski definition) is 0. The zero-order valence-electron chi connectivity index (χ0n) is 6.96. The average Bonchev–Trinajstić information content (AvgIpc) is 2.19. The van der Waals surface area contributed by atoms with Crippen molar-refractivity contribution in [1.82, 2.24) is 4.98 Å². The van der Waals surface area contributed by atoms with E-state index in [4.69, 9.17) is 11.6 Å². The maximum atomic E-state index is 10.6. The minimum Gasteiger partial charge on any atom is -0.298 e. The Morgan fingerprint density at radius 2 is 2.31 bits per heavy atom. The Labute approximate surface area is 81.2 Å². The Morgan fingerprint density at radius 3 is 3.08 bits per heavy atom. The SMILES string of the molecule is O=CC1=C(Cl)c2ncccc2CC1. The normalized spacial score (nSPS) is 15.5. The molecule has 2 rings (SSSR count). The molecule has 0 N–H and O–H groups in total. The van der Waals surface area contributed by atoms with Crippen molar-refractivity contribution in [3.63, 3.8) is 0 Å². The van der Waals surface area contributed by atoms with Gasteiger partial charge in [-0.3, -0.25) is 9.78 Å². The molecule has 1 aliphatic carbocycles. The maximum Gasteiger partial charge on any atom is 0.147 e. The van der Waals surface area contributed by atoms with E-state index in [9.17, 15) is 4.79 Å². The molecule has 13 heavy (non-hydrogen) atoms. The van der Waals surface area contributed by atoms with E-state index in [-0.39, 0.29) is 0 Å². The first-order valence-electron chi connectivity index (χ1n) is 4.11. The summed E-state index contributed by atoms with van der Waals surface area (Å²) >= 11 is 6.00. The van der Waals surface area contributed by atoms with E-state index in [1.807, 2.05) is 12.1 Å². The number of fused-ring (bicyclic) bond motifs is 1. The number of allylic oxidation sites excluding steroid dienone is 1. The van der Waals surface area contributed by atoms with Crippen LogP contribution in [0.5, 0.6) is 0 Å². The van der Waals surface area contributed by atoms with Gasteiger partial charge < -0.3 is 0 Å². The first-order valence-corrected chi connectivity index (χ1v) is 4.49. The van der Waals surface area contributed by atoms with E-state index in [2.05, 4.69) is 4.98 Å². The smallest absolute Gasteiger partial charge is 0.147 e. The van der Waals surface area contributed by atoms with Crippen LogP contribution in [0.25, 0.3) is 5.03 Å². The fourth-order valence-electron chi connectivity index (χ4n) is 1.48. The fourth-order valence-corrected chi connectivity index (χ4v) is 1.79. The van der Waals surface area contributed by atoms with E-state index < -0.39 is 0 Å². The lowest BCUT2D eigenvalue weighted by molar-refractivity contribution is -0.105. The molecule has 0 spiro atoms. The van der Waals surface area contributed by atoms with Gasteiger partial charge >= 0.3 is 0 Å². The number of aldehydes is 1. The topological polar surface area (TPSA) is 30.0 Å². The molecular formula is C10H8ClNO. The highest BCUT2D eigenvalue weighted by atomic mass is 35.5. The summed E-state index contributed by atoms with van der Waals surface area (Å²) in [5.74, 6) is 0. The van der Waals surface area contributed by atoms with Gasteiger partial charge in [0.05, 0.1) is 10.7 Å². The van der Waals surface area contributed by atoms with Crippen LogP contribution < -0.4 is 0 Å². The molecule has 2 nitrogen and oxygen atoms in total. The summed E-state index contributed by atoms with van der Waals surface area (Å²) in [6.45, 7) is 0.